The summed E-state index contributed by atoms with van der Waals surface area (Å²) in [7, 11) is 0. The zero-order valence-corrected chi connectivity index (χ0v) is 14.7. The number of aryl methyl sites for hydroxylation is 2. The number of carbonyl (C=O) groups excluding carboxylic acids is 1. The summed E-state index contributed by atoms with van der Waals surface area (Å²) in [5, 5.41) is 2.86. The molecule has 2 heterocycles. The van der Waals surface area contributed by atoms with Crippen molar-refractivity contribution in [3.05, 3.63) is 71.3 Å². The van der Waals surface area contributed by atoms with Crippen LogP contribution in [0.5, 0.6) is 11.5 Å². The highest BCUT2D eigenvalue weighted by atomic mass is 19.1. The third-order valence-corrected chi connectivity index (χ3v) is 4.49. The third kappa shape index (κ3) is 3.97. The number of amides is 1. The Kier molecular flexibility index (Phi) is 4.82. The van der Waals surface area contributed by atoms with Crippen LogP contribution in [-0.4, -0.2) is 20.9 Å². The topological polar surface area (TPSA) is 79.9 Å². The molecule has 27 heavy (non-hydrogen) atoms. The Morgan fingerprint density at radius 1 is 1.19 bits per heavy atom. The molecule has 0 unspecified atom stereocenters. The van der Waals surface area contributed by atoms with Gasteiger partial charge in [0.25, 0.3) is 5.91 Å². The minimum absolute atomic E-state index is 0.288. The van der Waals surface area contributed by atoms with E-state index in [0.29, 0.717) is 23.6 Å². The van der Waals surface area contributed by atoms with E-state index in [-0.39, 0.29) is 11.7 Å². The van der Waals surface area contributed by atoms with E-state index >= 15 is 0 Å². The number of hydrogen-bond acceptors (Lipinski definition) is 4. The molecule has 2 N–H and O–H groups in total. The van der Waals surface area contributed by atoms with E-state index < -0.39 is 0 Å². The Morgan fingerprint density at radius 3 is 2.81 bits per heavy atom. The molecule has 1 aromatic carbocycles. The lowest BCUT2D eigenvalue weighted by atomic mass is 10.0. The van der Waals surface area contributed by atoms with Crippen LogP contribution < -0.4 is 10.1 Å². The first kappa shape index (κ1) is 17.2. The molecule has 1 aliphatic rings. The molecule has 4 rings (SSSR count). The molecule has 0 saturated carbocycles. The number of H-pyrrole nitrogens is 1. The van der Waals surface area contributed by atoms with Crippen molar-refractivity contribution in [3.63, 3.8) is 0 Å². The monoisotopic (exact) mass is 366 g/mol. The smallest absolute Gasteiger partial charge is 0.255 e. The van der Waals surface area contributed by atoms with Crippen molar-refractivity contribution in [1.82, 2.24) is 20.3 Å². The summed E-state index contributed by atoms with van der Waals surface area (Å²) < 4.78 is 18.7. The number of aromatic nitrogens is 3. The number of aromatic amines is 1. The number of hydrogen-bond donors (Lipinski definition) is 2. The van der Waals surface area contributed by atoms with Gasteiger partial charge in [-0.25, -0.2) is 9.37 Å². The van der Waals surface area contributed by atoms with Gasteiger partial charge in [0.2, 0.25) is 0 Å². The van der Waals surface area contributed by atoms with Crippen molar-refractivity contribution in [2.45, 2.75) is 32.2 Å². The van der Waals surface area contributed by atoms with Gasteiger partial charge in [0.1, 0.15) is 17.4 Å². The number of benzene rings is 1. The number of ether oxygens (including phenoxy) is 1. The summed E-state index contributed by atoms with van der Waals surface area (Å²) in [5.41, 5.74) is 2.63. The van der Waals surface area contributed by atoms with Crippen LogP contribution in [0.15, 0.2) is 42.7 Å². The predicted molar refractivity (Wildman–Crippen MR) is 97.1 cm³/mol. The lowest BCUT2D eigenvalue weighted by Crippen LogP contribution is -2.24. The van der Waals surface area contributed by atoms with Crippen molar-refractivity contribution in [1.29, 1.82) is 0 Å². The van der Waals surface area contributed by atoms with Crippen LogP contribution in [0.2, 0.25) is 0 Å². The summed E-state index contributed by atoms with van der Waals surface area (Å²) in [6, 6.07) is 7.17. The molecule has 3 aromatic rings. The number of halogens is 1. The average Bonchev–Trinajstić information content (AvgIpc) is 3.11. The molecular formula is C20H19FN4O2. The molecule has 1 amide bonds. The van der Waals surface area contributed by atoms with Gasteiger partial charge in [0, 0.05) is 11.9 Å². The van der Waals surface area contributed by atoms with Gasteiger partial charge in [-0.05, 0) is 56.0 Å². The van der Waals surface area contributed by atoms with E-state index in [4.69, 9.17) is 4.74 Å². The van der Waals surface area contributed by atoms with E-state index in [1.807, 2.05) is 0 Å². The van der Waals surface area contributed by atoms with Crippen LogP contribution in [0.25, 0.3) is 0 Å². The van der Waals surface area contributed by atoms with Crippen molar-refractivity contribution in [2.75, 3.05) is 0 Å². The Labute approximate surface area is 155 Å². The summed E-state index contributed by atoms with van der Waals surface area (Å²) in [6.07, 6.45) is 7.31. The van der Waals surface area contributed by atoms with E-state index in [0.717, 1.165) is 30.8 Å². The van der Waals surface area contributed by atoms with Crippen LogP contribution in [0.4, 0.5) is 4.39 Å². The Morgan fingerprint density at radius 2 is 2.00 bits per heavy atom. The lowest BCUT2D eigenvalue weighted by Gasteiger charge is -2.10. The molecule has 138 valence electrons. The molecule has 0 fully saturated rings. The van der Waals surface area contributed by atoms with Gasteiger partial charge in [-0.3, -0.25) is 9.78 Å². The zero-order chi connectivity index (χ0) is 18.6. The number of pyridine rings is 1. The summed E-state index contributed by atoms with van der Waals surface area (Å²) in [6.45, 7) is 0.310. The fourth-order valence-corrected chi connectivity index (χ4v) is 3.13. The molecule has 0 aliphatic heterocycles. The van der Waals surface area contributed by atoms with Gasteiger partial charge in [0.05, 0.1) is 24.0 Å². The zero-order valence-electron chi connectivity index (χ0n) is 14.7. The normalized spacial score (nSPS) is 13.1. The van der Waals surface area contributed by atoms with Crippen molar-refractivity contribution >= 4 is 5.91 Å². The van der Waals surface area contributed by atoms with Crippen molar-refractivity contribution < 1.29 is 13.9 Å². The highest BCUT2D eigenvalue weighted by Crippen LogP contribution is 2.24. The van der Waals surface area contributed by atoms with Gasteiger partial charge < -0.3 is 15.0 Å². The molecule has 0 saturated heterocycles. The first-order chi connectivity index (χ1) is 13.2. The first-order valence-electron chi connectivity index (χ1n) is 8.91. The lowest BCUT2D eigenvalue weighted by molar-refractivity contribution is 0.0947. The van der Waals surface area contributed by atoms with Crippen LogP contribution in [-0.2, 0) is 19.4 Å². The average molecular weight is 366 g/mol. The Bertz CT molecular complexity index is 929. The molecule has 1 aliphatic carbocycles. The number of rotatable bonds is 5. The van der Waals surface area contributed by atoms with E-state index in [1.165, 1.54) is 48.8 Å². The summed E-state index contributed by atoms with van der Waals surface area (Å²) in [5.74, 6) is 0.847. The highest BCUT2D eigenvalue weighted by molar-refractivity contribution is 5.96. The SMILES string of the molecule is O=C(NCc1nc2c([nH]1)CCCC2)c1ccncc1Oc1ccc(F)cc1. The minimum atomic E-state index is -0.354. The first-order valence-corrected chi connectivity index (χ1v) is 8.91. The van der Waals surface area contributed by atoms with E-state index in [1.54, 1.807) is 6.07 Å². The van der Waals surface area contributed by atoms with Crippen LogP contribution in [0.1, 0.15) is 40.4 Å². The van der Waals surface area contributed by atoms with E-state index in [2.05, 4.69) is 20.3 Å². The van der Waals surface area contributed by atoms with Gasteiger partial charge >= 0.3 is 0 Å². The molecule has 2 aromatic heterocycles. The molecule has 0 bridgehead atoms. The maximum absolute atomic E-state index is 13.0. The fourth-order valence-electron chi connectivity index (χ4n) is 3.13. The highest BCUT2D eigenvalue weighted by Gasteiger charge is 2.17. The maximum atomic E-state index is 13.0. The predicted octanol–water partition coefficient (Wildman–Crippen LogP) is 3.54. The maximum Gasteiger partial charge on any atom is 0.255 e. The third-order valence-electron chi connectivity index (χ3n) is 4.49. The Balaban J connectivity index is 1.45. The summed E-state index contributed by atoms with van der Waals surface area (Å²) >= 11 is 0. The fraction of sp³-hybridized carbons (Fsp3) is 0.250. The molecular weight excluding hydrogens is 347 g/mol. The number of imidazole rings is 1. The molecule has 6 nitrogen and oxygen atoms in total. The van der Waals surface area contributed by atoms with Gasteiger partial charge in [-0.15, -0.1) is 0 Å². The van der Waals surface area contributed by atoms with E-state index in [9.17, 15) is 9.18 Å². The molecule has 7 heteroatoms. The van der Waals surface area contributed by atoms with Crippen LogP contribution in [0.3, 0.4) is 0 Å². The van der Waals surface area contributed by atoms with Crippen LogP contribution >= 0.6 is 0 Å². The number of nitrogens with zero attached hydrogens (tertiary/aromatic N) is 2. The standard InChI is InChI=1S/C20H19FN4O2/c21-13-5-7-14(8-6-13)27-18-11-22-10-9-15(18)20(26)23-12-19-24-16-3-1-2-4-17(16)25-19/h5-11H,1-4,12H2,(H,23,26)(H,24,25). The van der Waals surface area contributed by atoms with Gasteiger partial charge in [-0.1, -0.05) is 0 Å². The van der Waals surface area contributed by atoms with Crippen molar-refractivity contribution in [3.8, 4) is 11.5 Å². The second-order valence-electron chi connectivity index (χ2n) is 6.43. The number of nitrogens with one attached hydrogen (secondary N) is 2. The number of carbonyl (C=O) groups is 1. The quantitative estimate of drug-likeness (QED) is 0.724. The molecule has 0 atom stereocenters. The minimum Gasteiger partial charge on any atom is -0.455 e. The largest absolute Gasteiger partial charge is 0.455 e. The Hall–Kier alpha value is -3.22. The summed E-state index contributed by atoms with van der Waals surface area (Å²) in [4.78, 5) is 24.5. The van der Waals surface area contributed by atoms with Gasteiger partial charge in [0.15, 0.2) is 5.75 Å². The van der Waals surface area contributed by atoms with Gasteiger partial charge in [-0.2, -0.15) is 0 Å². The molecule has 0 radical (unpaired) electrons. The second kappa shape index (κ2) is 7.57. The molecule has 0 spiro atoms. The van der Waals surface area contributed by atoms with Crippen LogP contribution in [0, 0.1) is 5.82 Å². The second-order valence-corrected chi connectivity index (χ2v) is 6.43. The van der Waals surface area contributed by atoms with Crippen molar-refractivity contribution in [2.24, 2.45) is 0 Å². The number of fused-ring (bicyclic) bond motifs is 1.